The van der Waals surface area contributed by atoms with Gasteiger partial charge >= 0.3 is 0 Å². The summed E-state index contributed by atoms with van der Waals surface area (Å²) in [5.41, 5.74) is -0.282. The number of guanidine groups is 1. The molecule has 4 nitrogen and oxygen atoms in total. The molecule has 0 atom stereocenters. The fraction of sp³-hybridized carbons (Fsp3) is 0.857. The lowest BCUT2D eigenvalue weighted by molar-refractivity contribution is 0.205. The molecule has 0 bridgehead atoms. The predicted octanol–water partition coefficient (Wildman–Crippen LogP) is -0.694. The number of nitrogens with one attached hydrogen (secondary N) is 2. The van der Waals surface area contributed by atoms with E-state index in [2.05, 4.69) is 15.6 Å². The van der Waals surface area contributed by atoms with Crippen LogP contribution >= 0.6 is 0 Å². The number of hydrogen-bond acceptors (Lipinski definition) is 4. The molecule has 0 radical (unpaired) electrons. The van der Waals surface area contributed by atoms with Gasteiger partial charge in [0.1, 0.15) is 0 Å². The van der Waals surface area contributed by atoms with Gasteiger partial charge in [-0.05, 0) is 13.8 Å². The Morgan fingerprint density at radius 2 is 2.45 bits per heavy atom. The summed E-state index contributed by atoms with van der Waals surface area (Å²) in [5.74, 6) is 0.795. The van der Waals surface area contributed by atoms with Crippen LogP contribution in [0.3, 0.4) is 0 Å². The van der Waals surface area contributed by atoms with Crippen molar-refractivity contribution in [2.24, 2.45) is 4.99 Å². The molecule has 0 aromatic carbocycles. The highest BCUT2D eigenvalue weighted by Crippen LogP contribution is 1.99. The SMILES string of the molecule is CC(C)(CO)NC1=NCCN1. The number of aliphatic hydroxyl groups is 1. The maximum Gasteiger partial charge on any atom is 0.191 e. The van der Waals surface area contributed by atoms with Crippen molar-refractivity contribution < 1.29 is 5.11 Å². The summed E-state index contributed by atoms with van der Waals surface area (Å²) in [6, 6.07) is 0. The molecule has 0 saturated carbocycles. The third-order valence-corrected chi connectivity index (χ3v) is 1.53. The van der Waals surface area contributed by atoms with Gasteiger partial charge in [0, 0.05) is 6.54 Å². The zero-order valence-electron chi connectivity index (χ0n) is 7.02. The average molecular weight is 157 g/mol. The van der Waals surface area contributed by atoms with E-state index < -0.39 is 0 Å². The van der Waals surface area contributed by atoms with Crippen LogP contribution in [-0.4, -0.2) is 36.3 Å². The summed E-state index contributed by atoms with van der Waals surface area (Å²) in [4.78, 5) is 4.15. The van der Waals surface area contributed by atoms with Gasteiger partial charge in [-0.2, -0.15) is 0 Å². The monoisotopic (exact) mass is 157 g/mol. The zero-order chi connectivity index (χ0) is 8.32. The Labute approximate surface area is 66.7 Å². The van der Waals surface area contributed by atoms with Crippen molar-refractivity contribution in [2.45, 2.75) is 19.4 Å². The molecule has 1 aliphatic heterocycles. The molecule has 0 unspecified atom stereocenters. The number of aliphatic hydroxyl groups excluding tert-OH is 1. The molecule has 0 aromatic heterocycles. The van der Waals surface area contributed by atoms with Crippen LogP contribution < -0.4 is 10.6 Å². The highest BCUT2D eigenvalue weighted by atomic mass is 16.3. The molecule has 0 amide bonds. The number of rotatable bonds is 2. The van der Waals surface area contributed by atoms with Crippen molar-refractivity contribution >= 4 is 5.96 Å². The second-order valence-electron chi connectivity index (χ2n) is 3.32. The molecule has 1 aliphatic rings. The van der Waals surface area contributed by atoms with E-state index in [-0.39, 0.29) is 12.1 Å². The van der Waals surface area contributed by atoms with E-state index in [0.29, 0.717) is 0 Å². The van der Waals surface area contributed by atoms with Gasteiger partial charge in [-0.25, -0.2) is 0 Å². The Kier molecular flexibility index (Phi) is 2.34. The third-order valence-electron chi connectivity index (χ3n) is 1.53. The Morgan fingerprint density at radius 3 is 2.91 bits per heavy atom. The second-order valence-corrected chi connectivity index (χ2v) is 3.32. The first-order valence-corrected chi connectivity index (χ1v) is 3.81. The molecular weight excluding hydrogens is 142 g/mol. The van der Waals surface area contributed by atoms with Crippen LogP contribution in [0.5, 0.6) is 0 Å². The molecule has 0 saturated heterocycles. The number of aliphatic imine (C=N–C) groups is 1. The lowest BCUT2D eigenvalue weighted by Gasteiger charge is -2.24. The first-order valence-electron chi connectivity index (χ1n) is 3.81. The van der Waals surface area contributed by atoms with Gasteiger partial charge in [0.2, 0.25) is 0 Å². The van der Waals surface area contributed by atoms with Gasteiger partial charge in [-0.15, -0.1) is 0 Å². The maximum atomic E-state index is 8.91. The standard InChI is InChI=1S/C7H15N3O/c1-7(2,5-11)10-6-8-3-4-9-6/h11H,3-5H2,1-2H3,(H2,8,9,10). The molecule has 1 rings (SSSR count). The summed E-state index contributed by atoms with van der Waals surface area (Å²) in [5, 5.41) is 15.1. The molecule has 0 aliphatic carbocycles. The van der Waals surface area contributed by atoms with Crippen LogP contribution in [0.2, 0.25) is 0 Å². The number of hydrogen-bond donors (Lipinski definition) is 3. The summed E-state index contributed by atoms with van der Waals surface area (Å²) in [7, 11) is 0. The third kappa shape index (κ3) is 2.38. The van der Waals surface area contributed by atoms with E-state index >= 15 is 0 Å². The van der Waals surface area contributed by atoms with Gasteiger partial charge in [-0.1, -0.05) is 0 Å². The summed E-state index contributed by atoms with van der Waals surface area (Å²) in [6.45, 7) is 5.67. The van der Waals surface area contributed by atoms with Crippen molar-refractivity contribution in [3.63, 3.8) is 0 Å². The molecule has 0 spiro atoms. The Bertz CT molecular complexity index is 165. The first kappa shape index (κ1) is 8.33. The highest BCUT2D eigenvalue weighted by Gasteiger charge is 2.18. The van der Waals surface area contributed by atoms with Gasteiger partial charge in [0.15, 0.2) is 5.96 Å². The van der Waals surface area contributed by atoms with E-state index in [0.717, 1.165) is 19.0 Å². The summed E-state index contributed by atoms with van der Waals surface area (Å²) in [6.07, 6.45) is 0. The molecule has 11 heavy (non-hydrogen) atoms. The average Bonchev–Trinajstić information content (AvgIpc) is 2.39. The van der Waals surface area contributed by atoms with Crippen LogP contribution in [0.25, 0.3) is 0 Å². The lowest BCUT2D eigenvalue weighted by Crippen LogP contribution is -2.49. The fourth-order valence-corrected chi connectivity index (χ4v) is 0.842. The maximum absolute atomic E-state index is 8.91. The zero-order valence-corrected chi connectivity index (χ0v) is 7.02. The van der Waals surface area contributed by atoms with E-state index in [9.17, 15) is 0 Å². The van der Waals surface area contributed by atoms with Crippen LogP contribution in [0.1, 0.15) is 13.8 Å². The topological polar surface area (TPSA) is 56.6 Å². The normalized spacial score (nSPS) is 17.5. The van der Waals surface area contributed by atoms with E-state index in [1.54, 1.807) is 0 Å². The Hall–Kier alpha value is -0.770. The Balaban J connectivity index is 2.40. The lowest BCUT2D eigenvalue weighted by atomic mass is 10.1. The van der Waals surface area contributed by atoms with Crippen molar-refractivity contribution in [2.75, 3.05) is 19.7 Å². The van der Waals surface area contributed by atoms with Gasteiger partial charge in [0.25, 0.3) is 0 Å². The highest BCUT2D eigenvalue weighted by molar-refractivity contribution is 5.81. The summed E-state index contributed by atoms with van der Waals surface area (Å²) >= 11 is 0. The number of nitrogens with zero attached hydrogens (tertiary/aromatic N) is 1. The minimum absolute atomic E-state index is 0.105. The molecule has 1 heterocycles. The van der Waals surface area contributed by atoms with Crippen LogP contribution in [0.15, 0.2) is 4.99 Å². The van der Waals surface area contributed by atoms with Crippen molar-refractivity contribution in [3.8, 4) is 0 Å². The van der Waals surface area contributed by atoms with Crippen LogP contribution in [0, 0.1) is 0 Å². The molecule has 3 N–H and O–H groups in total. The minimum atomic E-state index is -0.282. The minimum Gasteiger partial charge on any atom is -0.394 e. The van der Waals surface area contributed by atoms with Crippen molar-refractivity contribution in [1.82, 2.24) is 10.6 Å². The molecule has 0 fully saturated rings. The van der Waals surface area contributed by atoms with Crippen LogP contribution in [0.4, 0.5) is 0 Å². The molecule has 64 valence electrons. The van der Waals surface area contributed by atoms with Crippen molar-refractivity contribution in [1.29, 1.82) is 0 Å². The van der Waals surface area contributed by atoms with Crippen LogP contribution in [-0.2, 0) is 0 Å². The smallest absolute Gasteiger partial charge is 0.191 e. The largest absolute Gasteiger partial charge is 0.394 e. The van der Waals surface area contributed by atoms with Gasteiger partial charge in [0.05, 0.1) is 18.7 Å². The van der Waals surface area contributed by atoms with E-state index in [1.807, 2.05) is 13.8 Å². The van der Waals surface area contributed by atoms with Gasteiger partial charge in [-0.3, -0.25) is 4.99 Å². The van der Waals surface area contributed by atoms with Crippen molar-refractivity contribution in [3.05, 3.63) is 0 Å². The fourth-order valence-electron chi connectivity index (χ4n) is 0.842. The predicted molar refractivity (Wildman–Crippen MR) is 44.6 cm³/mol. The molecular formula is C7H15N3O. The van der Waals surface area contributed by atoms with Gasteiger partial charge < -0.3 is 15.7 Å². The molecule has 0 aromatic rings. The second kappa shape index (κ2) is 3.09. The van der Waals surface area contributed by atoms with E-state index in [1.165, 1.54) is 0 Å². The first-order chi connectivity index (χ1) is 5.14. The summed E-state index contributed by atoms with van der Waals surface area (Å²) < 4.78 is 0. The van der Waals surface area contributed by atoms with E-state index in [4.69, 9.17) is 5.11 Å². The molecule has 4 heteroatoms. The quantitative estimate of drug-likeness (QED) is 0.497. The Morgan fingerprint density at radius 1 is 1.73 bits per heavy atom.